The van der Waals surface area contributed by atoms with Crippen LogP contribution in [-0.4, -0.2) is 33.0 Å². The van der Waals surface area contributed by atoms with Gasteiger partial charge in [0.1, 0.15) is 11.9 Å². The van der Waals surface area contributed by atoms with E-state index in [4.69, 9.17) is 5.11 Å². The maximum atomic E-state index is 11.8. The summed E-state index contributed by atoms with van der Waals surface area (Å²) in [5.74, 6) is -1.10. The lowest BCUT2D eigenvalue weighted by atomic mass is 10.2. The third kappa shape index (κ3) is 3.65. The highest BCUT2D eigenvalue weighted by Gasteiger charge is 2.14. The largest absolute Gasteiger partial charge is 0.480 e. The number of amides is 1. The monoisotopic (exact) mass is 289 g/mol. The van der Waals surface area contributed by atoms with Crippen LogP contribution in [0.1, 0.15) is 19.2 Å². The van der Waals surface area contributed by atoms with Gasteiger partial charge in [-0.25, -0.2) is 4.98 Å². The number of aliphatic carboxylic acids is 1. The maximum absolute atomic E-state index is 11.8. The summed E-state index contributed by atoms with van der Waals surface area (Å²) in [6, 6.07) is 5.98. The number of carbonyl (C=O) groups is 2. The highest BCUT2D eigenvalue weighted by Crippen LogP contribution is 2.06. The van der Waals surface area contributed by atoms with Gasteiger partial charge in [-0.05, 0) is 19.1 Å². The first-order chi connectivity index (χ1) is 9.97. The van der Waals surface area contributed by atoms with E-state index in [1.54, 1.807) is 24.3 Å². The number of carboxylic acids is 1. The quantitative estimate of drug-likeness (QED) is 0.739. The van der Waals surface area contributed by atoms with Crippen molar-refractivity contribution in [3.05, 3.63) is 40.4 Å². The number of hydrogen-bond donors (Lipinski definition) is 3. The van der Waals surface area contributed by atoms with Crippen LogP contribution in [0.15, 0.2) is 29.1 Å². The Hall–Kier alpha value is -2.70. The molecule has 1 amide bonds. The number of rotatable bonds is 5. The number of fused-ring (bicyclic) bond motifs is 1. The molecule has 0 radical (unpaired) electrons. The third-order valence-corrected chi connectivity index (χ3v) is 3.00. The third-order valence-electron chi connectivity index (χ3n) is 3.00. The molecule has 1 heterocycles. The molecule has 0 unspecified atom stereocenters. The Labute approximate surface area is 120 Å². The number of benzene rings is 1. The molecular formula is C14H15N3O4. The van der Waals surface area contributed by atoms with Crippen molar-refractivity contribution in [2.45, 2.75) is 25.8 Å². The van der Waals surface area contributed by atoms with Gasteiger partial charge in [-0.3, -0.25) is 14.4 Å². The molecule has 0 aliphatic heterocycles. The molecule has 1 atom stereocenters. The molecule has 2 rings (SSSR count). The van der Waals surface area contributed by atoms with Gasteiger partial charge in [0.2, 0.25) is 5.91 Å². The smallest absolute Gasteiger partial charge is 0.325 e. The Kier molecular flexibility index (Phi) is 4.32. The number of aromatic amines is 1. The molecule has 21 heavy (non-hydrogen) atoms. The molecule has 0 fully saturated rings. The van der Waals surface area contributed by atoms with E-state index >= 15 is 0 Å². The number of carbonyl (C=O) groups excluding carboxylic acids is 1. The number of nitrogens with one attached hydrogen (secondary N) is 2. The summed E-state index contributed by atoms with van der Waals surface area (Å²) in [4.78, 5) is 40.9. The number of hydrogen-bond acceptors (Lipinski definition) is 4. The predicted molar refractivity (Wildman–Crippen MR) is 75.9 cm³/mol. The highest BCUT2D eigenvalue weighted by atomic mass is 16.4. The average Bonchev–Trinajstić information content (AvgIpc) is 2.45. The summed E-state index contributed by atoms with van der Waals surface area (Å²) in [6.45, 7) is 1.39. The van der Waals surface area contributed by atoms with Gasteiger partial charge in [-0.1, -0.05) is 12.1 Å². The van der Waals surface area contributed by atoms with Gasteiger partial charge in [0.25, 0.3) is 5.56 Å². The van der Waals surface area contributed by atoms with Gasteiger partial charge in [-0.15, -0.1) is 0 Å². The number of carboxylic acid groups (broad SMARTS) is 1. The number of aromatic nitrogens is 2. The van der Waals surface area contributed by atoms with Crippen LogP contribution in [0.4, 0.5) is 0 Å². The van der Waals surface area contributed by atoms with E-state index < -0.39 is 17.9 Å². The number of para-hydroxylation sites is 1. The van der Waals surface area contributed by atoms with E-state index in [9.17, 15) is 14.4 Å². The van der Waals surface area contributed by atoms with Gasteiger partial charge < -0.3 is 15.4 Å². The Morgan fingerprint density at radius 3 is 2.81 bits per heavy atom. The number of aryl methyl sites for hydroxylation is 1. The molecule has 0 saturated carbocycles. The molecule has 0 aliphatic carbocycles. The van der Waals surface area contributed by atoms with E-state index in [0.717, 1.165) is 0 Å². The zero-order valence-electron chi connectivity index (χ0n) is 11.4. The minimum Gasteiger partial charge on any atom is -0.480 e. The van der Waals surface area contributed by atoms with E-state index in [0.29, 0.717) is 16.7 Å². The molecule has 1 aromatic heterocycles. The van der Waals surface area contributed by atoms with Crippen molar-refractivity contribution in [1.82, 2.24) is 15.3 Å². The Bertz CT molecular complexity index is 738. The lowest BCUT2D eigenvalue weighted by molar-refractivity contribution is -0.141. The Morgan fingerprint density at radius 2 is 2.10 bits per heavy atom. The first-order valence-corrected chi connectivity index (χ1v) is 6.47. The molecule has 0 bridgehead atoms. The van der Waals surface area contributed by atoms with Crippen LogP contribution in [0.5, 0.6) is 0 Å². The first kappa shape index (κ1) is 14.7. The van der Waals surface area contributed by atoms with E-state index in [-0.39, 0.29) is 18.4 Å². The summed E-state index contributed by atoms with van der Waals surface area (Å²) in [6.07, 6.45) is 0.289. The maximum Gasteiger partial charge on any atom is 0.325 e. The van der Waals surface area contributed by atoms with Crippen molar-refractivity contribution in [3.63, 3.8) is 0 Å². The van der Waals surface area contributed by atoms with E-state index in [2.05, 4.69) is 15.3 Å². The van der Waals surface area contributed by atoms with Gasteiger partial charge >= 0.3 is 5.97 Å². The number of nitrogens with zero attached hydrogens (tertiary/aromatic N) is 1. The zero-order valence-corrected chi connectivity index (χ0v) is 11.4. The molecule has 110 valence electrons. The van der Waals surface area contributed by atoms with Gasteiger partial charge in [0.15, 0.2) is 0 Å². The van der Waals surface area contributed by atoms with Crippen molar-refractivity contribution in [2.24, 2.45) is 0 Å². The molecule has 7 nitrogen and oxygen atoms in total. The van der Waals surface area contributed by atoms with Crippen LogP contribution in [0.2, 0.25) is 0 Å². The van der Waals surface area contributed by atoms with Crippen LogP contribution in [0.25, 0.3) is 10.9 Å². The molecule has 0 saturated heterocycles. The lowest BCUT2D eigenvalue weighted by Crippen LogP contribution is -2.38. The van der Waals surface area contributed by atoms with Crippen LogP contribution < -0.4 is 10.9 Å². The second-order valence-corrected chi connectivity index (χ2v) is 4.66. The molecule has 2 aromatic rings. The second-order valence-electron chi connectivity index (χ2n) is 4.66. The Morgan fingerprint density at radius 1 is 1.38 bits per heavy atom. The average molecular weight is 289 g/mol. The standard InChI is InChI=1S/C14H15N3O4/c1-8(14(20)21)15-12(18)7-6-11-16-10-5-3-2-4-9(10)13(19)17-11/h2-5,8H,6-7H2,1H3,(H,15,18)(H,20,21)(H,16,17,19)/t8-/m1/s1. The summed E-state index contributed by atoms with van der Waals surface area (Å²) >= 11 is 0. The molecule has 1 aromatic carbocycles. The van der Waals surface area contributed by atoms with Gasteiger partial charge in [0.05, 0.1) is 10.9 Å². The van der Waals surface area contributed by atoms with Gasteiger partial charge in [-0.2, -0.15) is 0 Å². The van der Waals surface area contributed by atoms with Crippen LogP contribution >= 0.6 is 0 Å². The SMILES string of the molecule is C[C@@H](NC(=O)CCc1nc2ccccc2c(=O)[nH]1)C(=O)O. The molecule has 0 spiro atoms. The fraction of sp³-hybridized carbons (Fsp3) is 0.286. The van der Waals surface area contributed by atoms with E-state index in [1.807, 2.05) is 0 Å². The molecular weight excluding hydrogens is 274 g/mol. The molecule has 3 N–H and O–H groups in total. The van der Waals surface area contributed by atoms with Crippen molar-refractivity contribution < 1.29 is 14.7 Å². The second kappa shape index (κ2) is 6.17. The molecule has 0 aliphatic rings. The van der Waals surface area contributed by atoms with Crippen molar-refractivity contribution >= 4 is 22.8 Å². The van der Waals surface area contributed by atoms with Crippen molar-refractivity contribution in [2.75, 3.05) is 0 Å². The fourth-order valence-corrected chi connectivity index (χ4v) is 1.86. The fourth-order valence-electron chi connectivity index (χ4n) is 1.86. The van der Waals surface area contributed by atoms with Crippen LogP contribution in [0, 0.1) is 0 Å². The summed E-state index contributed by atoms with van der Waals surface area (Å²) in [7, 11) is 0. The van der Waals surface area contributed by atoms with Crippen LogP contribution in [0.3, 0.4) is 0 Å². The zero-order chi connectivity index (χ0) is 15.4. The van der Waals surface area contributed by atoms with Gasteiger partial charge in [0, 0.05) is 12.8 Å². The van der Waals surface area contributed by atoms with Crippen molar-refractivity contribution in [3.8, 4) is 0 Å². The van der Waals surface area contributed by atoms with E-state index in [1.165, 1.54) is 6.92 Å². The predicted octanol–water partition coefficient (Wildman–Crippen LogP) is 0.445. The number of H-pyrrole nitrogens is 1. The molecule has 7 heteroatoms. The highest BCUT2D eigenvalue weighted by molar-refractivity contribution is 5.83. The Balaban J connectivity index is 2.05. The summed E-state index contributed by atoms with van der Waals surface area (Å²) < 4.78 is 0. The minimum atomic E-state index is -1.10. The first-order valence-electron chi connectivity index (χ1n) is 6.47. The van der Waals surface area contributed by atoms with Crippen molar-refractivity contribution in [1.29, 1.82) is 0 Å². The lowest BCUT2D eigenvalue weighted by Gasteiger charge is -2.08. The van der Waals surface area contributed by atoms with Crippen LogP contribution in [-0.2, 0) is 16.0 Å². The minimum absolute atomic E-state index is 0.0545. The topological polar surface area (TPSA) is 112 Å². The summed E-state index contributed by atoms with van der Waals surface area (Å²) in [5.41, 5.74) is 0.311. The normalized spacial score (nSPS) is 12.0. The summed E-state index contributed by atoms with van der Waals surface area (Å²) in [5, 5.41) is 11.5.